The number of benzene rings is 2. The van der Waals surface area contributed by atoms with Crippen molar-refractivity contribution < 1.29 is 0 Å². The summed E-state index contributed by atoms with van der Waals surface area (Å²) in [4.78, 5) is 0. The van der Waals surface area contributed by atoms with E-state index < -0.39 is 0 Å². The first-order chi connectivity index (χ1) is 9.49. The molecule has 0 aromatic heterocycles. The van der Waals surface area contributed by atoms with Crippen LogP contribution in [0.25, 0.3) is 0 Å². The predicted octanol–water partition coefficient (Wildman–Crippen LogP) is 4.36. The quantitative estimate of drug-likeness (QED) is 0.650. The van der Waals surface area contributed by atoms with Crippen LogP contribution in [0.15, 0.2) is 36.4 Å². The number of aryl methyl sites for hydroxylation is 2. The fraction of sp³-hybridized carbons (Fsp3) is 0.250. The van der Waals surface area contributed by atoms with Gasteiger partial charge in [0.2, 0.25) is 0 Å². The van der Waals surface area contributed by atoms with Crippen molar-refractivity contribution in [2.45, 2.75) is 26.3 Å². The van der Waals surface area contributed by atoms with Crippen molar-refractivity contribution in [3.8, 4) is 0 Å². The smallest absolute Gasteiger partial charge is 0.0595 e. The molecule has 0 aliphatic rings. The highest BCUT2D eigenvalue weighted by Gasteiger charge is 2.12. The Morgan fingerprint density at radius 3 is 2.20 bits per heavy atom. The van der Waals surface area contributed by atoms with E-state index >= 15 is 0 Å². The summed E-state index contributed by atoms with van der Waals surface area (Å²) in [5.74, 6) is 5.71. The van der Waals surface area contributed by atoms with Gasteiger partial charge in [-0.1, -0.05) is 58.6 Å². The monoisotopic (exact) mass is 308 g/mol. The molecule has 0 aliphatic heterocycles. The Labute approximate surface area is 129 Å². The second kappa shape index (κ2) is 6.59. The van der Waals surface area contributed by atoms with Crippen molar-refractivity contribution >= 4 is 23.2 Å². The van der Waals surface area contributed by atoms with Gasteiger partial charge in [0.05, 0.1) is 10.0 Å². The van der Waals surface area contributed by atoms with Gasteiger partial charge in [0, 0.05) is 6.04 Å². The number of hydrazine groups is 1. The average molecular weight is 309 g/mol. The fourth-order valence-corrected chi connectivity index (χ4v) is 2.71. The Hall–Kier alpha value is -1.06. The number of halogens is 2. The van der Waals surface area contributed by atoms with Gasteiger partial charge in [-0.25, -0.2) is 0 Å². The number of hydrogen-bond acceptors (Lipinski definition) is 2. The van der Waals surface area contributed by atoms with E-state index in [2.05, 4.69) is 37.5 Å². The third-order valence-electron chi connectivity index (χ3n) is 3.27. The van der Waals surface area contributed by atoms with Crippen LogP contribution in [0.2, 0.25) is 10.0 Å². The Kier molecular flexibility index (Phi) is 5.06. The van der Waals surface area contributed by atoms with Crippen molar-refractivity contribution in [1.82, 2.24) is 5.43 Å². The van der Waals surface area contributed by atoms with E-state index in [1.165, 1.54) is 16.7 Å². The second-order valence-corrected chi connectivity index (χ2v) is 5.91. The maximum atomic E-state index is 6.05. The summed E-state index contributed by atoms with van der Waals surface area (Å²) in [6.07, 6.45) is 0.760. The van der Waals surface area contributed by atoms with Gasteiger partial charge in [-0.2, -0.15) is 0 Å². The van der Waals surface area contributed by atoms with E-state index in [1.54, 1.807) is 0 Å². The Balaban J connectivity index is 2.26. The molecular formula is C16H18Cl2N2. The van der Waals surface area contributed by atoms with Gasteiger partial charge in [0.15, 0.2) is 0 Å². The molecule has 0 radical (unpaired) electrons. The summed E-state index contributed by atoms with van der Waals surface area (Å²) in [7, 11) is 0. The highest BCUT2D eigenvalue weighted by Crippen LogP contribution is 2.26. The molecule has 0 fully saturated rings. The zero-order chi connectivity index (χ0) is 14.7. The van der Waals surface area contributed by atoms with Crippen LogP contribution in [-0.4, -0.2) is 0 Å². The van der Waals surface area contributed by atoms with Gasteiger partial charge in [-0.05, 0) is 43.5 Å². The second-order valence-electron chi connectivity index (χ2n) is 5.09. The summed E-state index contributed by atoms with van der Waals surface area (Å²) in [6.45, 7) is 4.17. The molecule has 20 heavy (non-hydrogen) atoms. The molecule has 1 atom stereocenters. The van der Waals surface area contributed by atoms with Crippen LogP contribution >= 0.6 is 23.2 Å². The molecule has 4 heteroatoms. The van der Waals surface area contributed by atoms with Crippen LogP contribution in [0.3, 0.4) is 0 Å². The Morgan fingerprint density at radius 2 is 1.65 bits per heavy atom. The summed E-state index contributed by atoms with van der Waals surface area (Å²) in [6, 6.07) is 12.2. The van der Waals surface area contributed by atoms with Crippen LogP contribution in [0, 0.1) is 13.8 Å². The van der Waals surface area contributed by atoms with Crippen LogP contribution < -0.4 is 11.3 Å². The molecule has 3 N–H and O–H groups in total. The minimum absolute atomic E-state index is 0.0471. The lowest BCUT2D eigenvalue weighted by Crippen LogP contribution is -2.29. The van der Waals surface area contributed by atoms with E-state index in [9.17, 15) is 0 Å². The fourth-order valence-electron chi connectivity index (χ4n) is 2.39. The first-order valence-electron chi connectivity index (χ1n) is 6.48. The molecule has 2 nitrogen and oxygen atoms in total. The maximum absolute atomic E-state index is 6.05. The molecule has 2 aromatic rings. The van der Waals surface area contributed by atoms with Crippen molar-refractivity contribution in [3.05, 3.63) is 68.7 Å². The molecule has 106 valence electrons. The summed E-state index contributed by atoms with van der Waals surface area (Å²) < 4.78 is 0. The molecule has 0 aliphatic carbocycles. The first-order valence-corrected chi connectivity index (χ1v) is 7.23. The third kappa shape index (κ3) is 3.74. The third-order valence-corrected chi connectivity index (χ3v) is 4.01. The largest absolute Gasteiger partial charge is 0.271 e. The Bertz CT molecular complexity index is 591. The standard InChI is InChI=1S/C16H18Cl2N2/c1-10-5-11(2)7-13(6-10)16(20-19)9-12-3-4-14(17)15(18)8-12/h3-8,16,20H,9,19H2,1-2H3. The maximum Gasteiger partial charge on any atom is 0.0595 e. The molecule has 2 aromatic carbocycles. The number of rotatable bonds is 4. The van der Waals surface area contributed by atoms with E-state index in [0.29, 0.717) is 10.0 Å². The van der Waals surface area contributed by atoms with Gasteiger partial charge < -0.3 is 0 Å². The highest BCUT2D eigenvalue weighted by molar-refractivity contribution is 6.42. The average Bonchev–Trinajstić information content (AvgIpc) is 2.38. The molecule has 1 unspecified atom stereocenters. The van der Waals surface area contributed by atoms with Crippen molar-refractivity contribution in [2.24, 2.45) is 5.84 Å². The summed E-state index contributed by atoms with van der Waals surface area (Å²) in [5, 5.41) is 1.14. The molecule has 0 heterocycles. The minimum Gasteiger partial charge on any atom is -0.271 e. The van der Waals surface area contributed by atoms with Crippen LogP contribution in [0.4, 0.5) is 0 Å². The van der Waals surface area contributed by atoms with Gasteiger partial charge in [-0.3, -0.25) is 11.3 Å². The van der Waals surface area contributed by atoms with Gasteiger partial charge in [-0.15, -0.1) is 0 Å². The van der Waals surface area contributed by atoms with Crippen molar-refractivity contribution in [1.29, 1.82) is 0 Å². The topological polar surface area (TPSA) is 38.0 Å². The predicted molar refractivity (Wildman–Crippen MR) is 86.1 cm³/mol. The molecular weight excluding hydrogens is 291 g/mol. The van der Waals surface area contributed by atoms with Crippen molar-refractivity contribution in [2.75, 3.05) is 0 Å². The number of hydrogen-bond donors (Lipinski definition) is 2. The van der Waals surface area contributed by atoms with Crippen LogP contribution in [0.1, 0.15) is 28.3 Å². The van der Waals surface area contributed by atoms with E-state index in [1.807, 2.05) is 18.2 Å². The normalized spacial score (nSPS) is 12.4. The van der Waals surface area contributed by atoms with Crippen molar-refractivity contribution in [3.63, 3.8) is 0 Å². The zero-order valence-corrected chi connectivity index (χ0v) is 13.1. The minimum atomic E-state index is 0.0471. The lowest BCUT2D eigenvalue weighted by molar-refractivity contribution is 0.551. The van der Waals surface area contributed by atoms with E-state index in [0.717, 1.165) is 12.0 Å². The highest BCUT2D eigenvalue weighted by atomic mass is 35.5. The molecule has 0 saturated carbocycles. The molecule has 0 bridgehead atoms. The SMILES string of the molecule is Cc1cc(C)cc(C(Cc2ccc(Cl)c(Cl)c2)NN)c1. The molecule has 2 rings (SSSR count). The van der Waals surface area contributed by atoms with Gasteiger partial charge >= 0.3 is 0 Å². The Morgan fingerprint density at radius 1 is 1.00 bits per heavy atom. The van der Waals surface area contributed by atoms with Crippen LogP contribution in [0.5, 0.6) is 0 Å². The van der Waals surface area contributed by atoms with Gasteiger partial charge in [0.1, 0.15) is 0 Å². The number of nitrogens with two attached hydrogens (primary N) is 1. The number of nitrogens with one attached hydrogen (secondary N) is 1. The lowest BCUT2D eigenvalue weighted by Gasteiger charge is -2.18. The van der Waals surface area contributed by atoms with E-state index in [4.69, 9.17) is 29.0 Å². The zero-order valence-electron chi connectivity index (χ0n) is 11.6. The first kappa shape index (κ1) is 15.3. The molecule has 0 amide bonds. The summed E-state index contributed by atoms with van der Waals surface area (Å²) in [5.41, 5.74) is 7.62. The van der Waals surface area contributed by atoms with Crippen LogP contribution in [-0.2, 0) is 6.42 Å². The van der Waals surface area contributed by atoms with E-state index in [-0.39, 0.29) is 6.04 Å². The molecule has 0 saturated heterocycles. The molecule has 0 spiro atoms. The van der Waals surface area contributed by atoms with Gasteiger partial charge in [0.25, 0.3) is 0 Å². The summed E-state index contributed by atoms with van der Waals surface area (Å²) >= 11 is 12.0. The lowest BCUT2D eigenvalue weighted by atomic mass is 9.96.